The fourth-order valence-corrected chi connectivity index (χ4v) is 2.76. The minimum absolute atomic E-state index is 0.0327. The molecule has 0 saturated heterocycles. The average molecular weight is 312 g/mol. The molecule has 0 radical (unpaired) electrons. The molecule has 20 heavy (non-hydrogen) atoms. The standard InChI is InChI=1S/C11H15F3N2O3S/c1-10(2,7-15)16-20(17,18)9-5-3-4-8(6-9)19-11(12,13)14/h3-6,16H,7,15H2,1-2H3. The van der Waals surface area contributed by atoms with Crippen LogP contribution in [-0.2, 0) is 10.0 Å². The van der Waals surface area contributed by atoms with Crippen molar-refractivity contribution in [3.63, 3.8) is 0 Å². The van der Waals surface area contributed by atoms with Gasteiger partial charge in [0.25, 0.3) is 0 Å². The van der Waals surface area contributed by atoms with Gasteiger partial charge in [-0.3, -0.25) is 0 Å². The van der Waals surface area contributed by atoms with Crippen molar-refractivity contribution in [2.45, 2.75) is 30.6 Å². The van der Waals surface area contributed by atoms with E-state index in [9.17, 15) is 21.6 Å². The molecule has 0 atom stereocenters. The fourth-order valence-electron chi connectivity index (χ4n) is 1.30. The van der Waals surface area contributed by atoms with Crippen molar-refractivity contribution in [1.29, 1.82) is 0 Å². The summed E-state index contributed by atoms with van der Waals surface area (Å²) >= 11 is 0. The highest BCUT2D eigenvalue weighted by atomic mass is 32.2. The lowest BCUT2D eigenvalue weighted by atomic mass is 10.1. The van der Waals surface area contributed by atoms with Gasteiger partial charge in [0, 0.05) is 18.2 Å². The Bertz CT molecular complexity index is 571. The molecule has 1 aromatic carbocycles. The minimum atomic E-state index is -4.88. The second-order valence-corrected chi connectivity index (χ2v) is 6.40. The number of benzene rings is 1. The summed E-state index contributed by atoms with van der Waals surface area (Å²) in [6.07, 6.45) is -4.88. The monoisotopic (exact) mass is 312 g/mol. The molecule has 1 rings (SSSR count). The second kappa shape index (κ2) is 5.58. The van der Waals surface area contributed by atoms with E-state index in [-0.39, 0.29) is 11.4 Å². The zero-order chi connectivity index (χ0) is 15.6. The molecule has 0 aromatic heterocycles. The Morgan fingerprint density at radius 2 is 1.90 bits per heavy atom. The highest BCUT2D eigenvalue weighted by molar-refractivity contribution is 7.89. The van der Waals surface area contributed by atoms with E-state index in [1.807, 2.05) is 0 Å². The summed E-state index contributed by atoms with van der Waals surface area (Å²) in [7, 11) is -3.99. The van der Waals surface area contributed by atoms with Crippen LogP contribution < -0.4 is 15.2 Å². The number of nitrogens with one attached hydrogen (secondary N) is 1. The highest BCUT2D eigenvalue weighted by Gasteiger charge is 2.32. The van der Waals surface area contributed by atoms with E-state index in [0.29, 0.717) is 0 Å². The van der Waals surface area contributed by atoms with Gasteiger partial charge in [0.05, 0.1) is 4.90 Å². The second-order valence-electron chi connectivity index (χ2n) is 4.72. The summed E-state index contributed by atoms with van der Waals surface area (Å²) in [4.78, 5) is -0.333. The third-order valence-corrected chi connectivity index (χ3v) is 3.97. The van der Waals surface area contributed by atoms with Crippen molar-refractivity contribution < 1.29 is 26.3 Å². The van der Waals surface area contributed by atoms with Crippen LogP contribution in [0.3, 0.4) is 0 Å². The lowest BCUT2D eigenvalue weighted by molar-refractivity contribution is -0.274. The Hall–Kier alpha value is -1.32. The average Bonchev–Trinajstić information content (AvgIpc) is 2.26. The number of hydrogen-bond acceptors (Lipinski definition) is 4. The highest BCUT2D eigenvalue weighted by Crippen LogP contribution is 2.25. The van der Waals surface area contributed by atoms with Gasteiger partial charge in [-0.15, -0.1) is 13.2 Å². The third kappa shape index (κ3) is 4.99. The zero-order valence-corrected chi connectivity index (χ0v) is 11.7. The van der Waals surface area contributed by atoms with Gasteiger partial charge in [-0.1, -0.05) is 6.07 Å². The zero-order valence-electron chi connectivity index (χ0n) is 10.9. The van der Waals surface area contributed by atoms with E-state index < -0.39 is 27.7 Å². The number of alkyl halides is 3. The van der Waals surface area contributed by atoms with Gasteiger partial charge in [-0.25, -0.2) is 13.1 Å². The van der Waals surface area contributed by atoms with E-state index in [1.54, 1.807) is 13.8 Å². The predicted molar refractivity (Wildman–Crippen MR) is 66.6 cm³/mol. The van der Waals surface area contributed by atoms with Crippen LogP contribution in [0.1, 0.15) is 13.8 Å². The van der Waals surface area contributed by atoms with Crippen LogP contribution in [0.5, 0.6) is 5.75 Å². The van der Waals surface area contributed by atoms with Crippen molar-refractivity contribution in [3.8, 4) is 5.75 Å². The van der Waals surface area contributed by atoms with Crippen LogP contribution in [0, 0.1) is 0 Å². The van der Waals surface area contributed by atoms with Crippen molar-refractivity contribution in [3.05, 3.63) is 24.3 Å². The van der Waals surface area contributed by atoms with Gasteiger partial charge in [0.15, 0.2) is 0 Å². The molecule has 0 saturated carbocycles. The number of sulfonamides is 1. The summed E-state index contributed by atoms with van der Waals surface area (Å²) in [6.45, 7) is 3.15. The first-order chi connectivity index (χ1) is 8.95. The maximum atomic E-state index is 12.1. The molecule has 0 aliphatic carbocycles. The Morgan fingerprint density at radius 3 is 2.40 bits per heavy atom. The van der Waals surface area contributed by atoms with Crippen LogP contribution in [0.25, 0.3) is 0 Å². The van der Waals surface area contributed by atoms with Gasteiger partial charge in [-0.05, 0) is 26.0 Å². The van der Waals surface area contributed by atoms with Crippen LogP contribution in [0.15, 0.2) is 29.2 Å². The largest absolute Gasteiger partial charge is 0.573 e. The number of hydrogen-bond donors (Lipinski definition) is 2. The van der Waals surface area contributed by atoms with E-state index in [4.69, 9.17) is 5.73 Å². The Morgan fingerprint density at radius 1 is 1.30 bits per heavy atom. The molecule has 114 valence electrons. The Labute approximate surface area is 115 Å². The topological polar surface area (TPSA) is 81.4 Å². The van der Waals surface area contributed by atoms with Gasteiger partial charge in [0.2, 0.25) is 10.0 Å². The molecule has 0 fully saturated rings. The predicted octanol–water partition coefficient (Wildman–Crippen LogP) is 1.60. The van der Waals surface area contributed by atoms with Crippen LogP contribution in [0.4, 0.5) is 13.2 Å². The third-order valence-electron chi connectivity index (χ3n) is 2.27. The molecule has 0 spiro atoms. The first kappa shape index (κ1) is 16.7. The summed E-state index contributed by atoms with van der Waals surface area (Å²) in [5.74, 6) is -0.606. The fraction of sp³-hybridized carbons (Fsp3) is 0.455. The maximum Gasteiger partial charge on any atom is 0.573 e. The molecule has 0 bridgehead atoms. The Kier molecular flexibility index (Phi) is 4.67. The Balaban J connectivity index is 3.05. The van der Waals surface area contributed by atoms with Crippen LogP contribution in [-0.4, -0.2) is 26.9 Å². The molecule has 0 aliphatic rings. The molecule has 0 amide bonds. The smallest absolute Gasteiger partial charge is 0.406 e. The van der Waals surface area contributed by atoms with Crippen molar-refractivity contribution in [2.75, 3.05) is 6.54 Å². The molecule has 0 unspecified atom stereocenters. The summed E-state index contributed by atoms with van der Waals surface area (Å²) < 4.78 is 66.3. The number of ether oxygens (including phenoxy) is 1. The first-order valence-corrected chi connectivity index (χ1v) is 7.03. The lowest BCUT2D eigenvalue weighted by Crippen LogP contribution is -2.48. The summed E-state index contributed by atoms with van der Waals surface area (Å²) in [5.41, 5.74) is 4.49. The normalized spacial score (nSPS) is 13.3. The molecular weight excluding hydrogens is 297 g/mol. The summed E-state index contributed by atoms with van der Waals surface area (Å²) in [6, 6.07) is 4.13. The molecular formula is C11H15F3N2O3S. The number of halogens is 3. The van der Waals surface area contributed by atoms with Gasteiger partial charge in [0.1, 0.15) is 5.75 Å². The van der Waals surface area contributed by atoms with E-state index in [2.05, 4.69) is 9.46 Å². The number of rotatable bonds is 5. The maximum absolute atomic E-state index is 12.1. The SMILES string of the molecule is CC(C)(CN)NS(=O)(=O)c1cccc(OC(F)(F)F)c1. The van der Waals surface area contributed by atoms with Gasteiger partial charge < -0.3 is 10.5 Å². The molecule has 0 aliphatic heterocycles. The molecule has 5 nitrogen and oxygen atoms in total. The van der Waals surface area contributed by atoms with Crippen molar-refractivity contribution in [2.24, 2.45) is 5.73 Å². The van der Waals surface area contributed by atoms with Crippen molar-refractivity contribution in [1.82, 2.24) is 4.72 Å². The first-order valence-electron chi connectivity index (χ1n) is 5.55. The minimum Gasteiger partial charge on any atom is -0.406 e. The quantitative estimate of drug-likeness (QED) is 0.865. The molecule has 1 aromatic rings. The molecule has 9 heteroatoms. The van der Waals surface area contributed by atoms with Gasteiger partial charge in [-0.2, -0.15) is 0 Å². The molecule has 0 heterocycles. The van der Waals surface area contributed by atoms with E-state index in [0.717, 1.165) is 24.3 Å². The number of nitrogens with two attached hydrogens (primary N) is 1. The van der Waals surface area contributed by atoms with Crippen LogP contribution >= 0.6 is 0 Å². The summed E-state index contributed by atoms with van der Waals surface area (Å²) in [5, 5.41) is 0. The van der Waals surface area contributed by atoms with E-state index >= 15 is 0 Å². The lowest BCUT2D eigenvalue weighted by Gasteiger charge is -2.24. The van der Waals surface area contributed by atoms with Crippen LogP contribution in [0.2, 0.25) is 0 Å². The van der Waals surface area contributed by atoms with Gasteiger partial charge >= 0.3 is 6.36 Å². The van der Waals surface area contributed by atoms with E-state index in [1.165, 1.54) is 0 Å². The van der Waals surface area contributed by atoms with Crippen molar-refractivity contribution >= 4 is 10.0 Å². The molecule has 3 N–H and O–H groups in total.